The van der Waals surface area contributed by atoms with Crippen LogP contribution in [0.1, 0.15) is 19.8 Å². The first-order valence-corrected chi connectivity index (χ1v) is 3.89. The molecule has 0 spiro atoms. The Labute approximate surface area is 50.3 Å². The van der Waals surface area contributed by atoms with Crippen molar-refractivity contribution in [3.05, 3.63) is 0 Å². The van der Waals surface area contributed by atoms with E-state index >= 15 is 0 Å². The van der Waals surface area contributed by atoms with E-state index in [0.29, 0.717) is 0 Å². The maximum Gasteiger partial charge on any atom is -0.0318 e. The smallest absolute Gasteiger partial charge is 0.0318 e. The Morgan fingerprint density at radius 2 is 1.75 bits per heavy atom. The molecule has 0 aromatic rings. The van der Waals surface area contributed by atoms with Crippen LogP contribution in [0.25, 0.3) is 0 Å². The van der Waals surface area contributed by atoms with Gasteiger partial charge in [-0.1, -0.05) is 6.92 Å². The third kappa shape index (κ3) is 0.206. The molecule has 0 saturated heterocycles. The van der Waals surface area contributed by atoms with Crippen LogP contribution in [0.2, 0.25) is 0 Å². The summed E-state index contributed by atoms with van der Waals surface area (Å²) in [5, 5.41) is 0. The highest BCUT2D eigenvalue weighted by Gasteiger charge is 2.70. The van der Waals surface area contributed by atoms with Crippen LogP contribution in [0, 0.1) is 29.6 Å². The van der Waals surface area contributed by atoms with Crippen molar-refractivity contribution in [3.63, 3.8) is 0 Å². The zero-order chi connectivity index (χ0) is 5.30. The topological polar surface area (TPSA) is 0 Å². The van der Waals surface area contributed by atoms with Crippen molar-refractivity contribution < 1.29 is 0 Å². The molecule has 0 bridgehead atoms. The lowest BCUT2D eigenvalue weighted by Crippen LogP contribution is -2.27. The Kier molecular flexibility index (Phi) is 0.427. The Bertz CT molecular complexity index is 119. The first-order valence-electron chi connectivity index (χ1n) is 3.89. The molecule has 8 heavy (non-hydrogen) atoms. The van der Waals surface area contributed by atoms with E-state index in [2.05, 4.69) is 6.92 Å². The van der Waals surface area contributed by atoms with E-state index in [-0.39, 0.29) is 0 Å². The summed E-state index contributed by atoms with van der Waals surface area (Å²) in [6.07, 6.45) is 3.16. The highest BCUT2D eigenvalue weighted by atomic mass is 14.7. The molecular formula is C8H12. The number of fused-ring (bicyclic) bond motifs is 1. The van der Waals surface area contributed by atoms with Crippen LogP contribution in [-0.2, 0) is 0 Å². The lowest BCUT2D eigenvalue weighted by atomic mass is 9.72. The molecule has 0 amide bonds. The molecule has 5 unspecified atom stereocenters. The van der Waals surface area contributed by atoms with Gasteiger partial charge >= 0.3 is 0 Å². The molecule has 0 aromatic heterocycles. The summed E-state index contributed by atoms with van der Waals surface area (Å²) in [6.45, 7) is 2.45. The van der Waals surface area contributed by atoms with Crippen LogP contribution in [0.3, 0.4) is 0 Å². The predicted octanol–water partition coefficient (Wildman–Crippen LogP) is 1.91. The summed E-state index contributed by atoms with van der Waals surface area (Å²) in [4.78, 5) is 0. The standard InChI is InChI=1S/C8H12/c1-4-5-2-3-6-7(4)8(5)6/h4-8H,2-3H2,1H3. The van der Waals surface area contributed by atoms with Crippen molar-refractivity contribution >= 4 is 0 Å². The first kappa shape index (κ1) is 3.92. The summed E-state index contributed by atoms with van der Waals surface area (Å²) in [7, 11) is 0. The zero-order valence-corrected chi connectivity index (χ0v) is 5.30. The maximum atomic E-state index is 2.45. The van der Waals surface area contributed by atoms with E-state index in [1.807, 2.05) is 0 Å². The second kappa shape index (κ2) is 0.872. The maximum absolute atomic E-state index is 2.45. The van der Waals surface area contributed by atoms with Crippen LogP contribution in [0.5, 0.6) is 0 Å². The van der Waals surface area contributed by atoms with Gasteiger partial charge in [-0.25, -0.2) is 0 Å². The summed E-state index contributed by atoms with van der Waals surface area (Å²) in [5.41, 5.74) is 0. The molecule has 0 nitrogen and oxygen atoms in total. The van der Waals surface area contributed by atoms with Gasteiger partial charge in [0.2, 0.25) is 0 Å². The van der Waals surface area contributed by atoms with E-state index in [9.17, 15) is 0 Å². The van der Waals surface area contributed by atoms with Gasteiger partial charge in [-0.2, -0.15) is 0 Å². The van der Waals surface area contributed by atoms with Gasteiger partial charge in [0, 0.05) is 0 Å². The summed E-state index contributed by atoms with van der Waals surface area (Å²) < 4.78 is 0. The van der Waals surface area contributed by atoms with Crippen LogP contribution in [0.15, 0.2) is 0 Å². The molecular weight excluding hydrogens is 96.1 g/mol. The fraction of sp³-hybridized carbons (Fsp3) is 1.00. The van der Waals surface area contributed by atoms with Gasteiger partial charge in [0.1, 0.15) is 0 Å². The van der Waals surface area contributed by atoms with Crippen LogP contribution in [-0.4, -0.2) is 0 Å². The third-order valence-corrected chi connectivity index (χ3v) is 3.90. The summed E-state index contributed by atoms with van der Waals surface area (Å²) >= 11 is 0. The quantitative estimate of drug-likeness (QED) is 0.444. The third-order valence-electron chi connectivity index (χ3n) is 3.90. The SMILES string of the molecule is CC1C2CCC3C1C23. The molecule has 3 aliphatic carbocycles. The monoisotopic (exact) mass is 108 g/mol. The minimum atomic E-state index is 1.14. The minimum absolute atomic E-state index is 1.14. The van der Waals surface area contributed by atoms with Crippen molar-refractivity contribution in [1.29, 1.82) is 0 Å². The number of hydrogen-bond acceptors (Lipinski definition) is 0. The second-order valence-corrected chi connectivity index (χ2v) is 3.92. The van der Waals surface area contributed by atoms with Crippen molar-refractivity contribution in [1.82, 2.24) is 0 Å². The molecule has 44 valence electrons. The number of rotatable bonds is 0. The van der Waals surface area contributed by atoms with Gasteiger partial charge in [0.25, 0.3) is 0 Å². The predicted molar refractivity (Wildman–Crippen MR) is 32.4 cm³/mol. The molecule has 0 aliphatic heterocycles. The van der Waals surface area contributed by atoms with Crippen molar-refractivity contribution in [2.24, 2.45) is 29.6 Å². The van der Waals surface area contributed by atoms with E-state index in [4.69, 9.17) is 0 Å². The Balaban J connectivity index is 2.00. The summed E-state index contributed by atoms with van der Waals surface area (Å²) in [6, 6.07) is 0. The van der Waals surface area contributed by atoms with Gasteiger partial charge in [-0.3, -0.25) is 0 Å². The van der Waals surface area contributed by atoms with Crippen LogP contribution < -0.4 is 0 Å². The van der Waals surface area contributed by atoms with Crippen LogP contribution >= 0.6 is 0 Å². The average Bonchev–Trinajstić information content (AvgIpc) is 2.30. The molecule has 0 heteroatoms. The lowest BCUT2D eigenvalue weighted by molar-refractivity contribution is 0.157. The minimum Gasteiger partial charge on any atom is -0.0619 e. The second-order valence-electron chi connectivity index (χ2n) is 3.92. The van der Waals surface area contributed by atoms with Gasteiger partial charge in [0.05, 0.1) is 0 Å². The largest absolute Gasteiger partial charge is 0.0619 e. The fourth-order valence-corrected chi connectivity index (χ4v) is 3.49. The summed E-state index contributed by atoms with van der Waals surface area (Å²) in [5.74, 6) is 6.05. The molecule has 3 saturated carbocycles. The van der Waals surface area contributed by atoms with Crippen LogP contribution in [0.4, 0.5) is 0 Å². The van der Waals surface area contributed by atoms with E-state index < -0.39 is 0 Å². The molecule has 0 N–H and O–H groups in total. The zero-order valence-electron chi connectivity index (χ0n) is 5.30. The lowest BCUT2D eigenvalue weighted by Gasteiger charge is -2.33. The van der Waals surface area contributed by atoms with Crippen molar-refractivity contribution in [2.45, 2.75) is 19.8 Å². The van der Waals surface area contributed by atoms with E-state index in [1.54, 1.807) is 12.8 Å². The van der Waals surface area contributed by atoms with Crippen molar-refractivity contribution in [3.8, 4) is 0 Å². The Morgan fingerprint density at radius 3 is 2.00 bits per heavy atom. The molecule has 0 aromatic carbocycles. The molecule has 0 heterocycles. The molecule has 3 aliphatic rings. The Hall–Kier alpha value is 0. The number of hydrogen-bond donors (Lipinski definition) is 0. The van der Waals surface area contributed by atoms with Crippen molar-refractivity contribution in [2.75, 3.05) is 0 Å². The highest BCUT2D eigenvalue weighted by molar-refractivity contribution is 5.17. The first-order chi connectivity index (χ1) is 3.89. The van der Waals surface area contributed by atoms with Gasteiger partial charge in [-0.05, 0) is 42.4 Å². The molecule has 3 rings (SSSR count). The highest BCUT2D eigenvalue weighted by Crippen LogP contribution is 2.75. The van der Waals surface area contributed by atoms with E-state index in [1.165, 1.54) is 23.7 Å². The fourth-order valence-electron chi connectivity index (χ4n) is 3.49. The Morgan fingerprint density at radius 1 is 1.00 bits per heavy atom. The van der Waals surface area contributed by atoms with Gasteiger partial charge in [-0.15, -0.1) is 0 Å². The molecule has 3 fully saturated rings. The molecule has 5 atom stereocenters. The normalized spacial score (nSPS) is 73.9. The average molecular weight is 108 g/mol. The van der Waals surface area contributed by atoms with E-state index in [0.717, 1.165) is 5.92 Å². The molecule has 0 radical (unpaired) electrons. The van der Waals surface area contributed by atoms with Gasteiger partial charge < -0.3 is 0 Å². The van der Waals surface area contributed by atoms with Gasteiger partial charge in [0.15, 0.2) is 0 Å².